The molecule has 1 N–H and O–H groups in total. The van der Waals surface area contributed by atoms with E-state index in [0.29, 0.717) is 6.61 Å². The van der Waals surface area contributed by atoms with Crippen LogP contribution in [0.2, 0.25) is 0 Å². The largest absolute Gasteiger partial charge is 0.481 e. The lowest BCUT2D eigenvalue weighted by Gasteiger charge is -2.32. The predicted molar refractivity (Wildman–Crippen MR) is 53.6 cm³/mol. The third-order valence-corrected chi connectivity index (χ3v) is 3.53. The summed E-state index contributed by atoms with van der Waals surface area (Å²) in [6, 6.07) is 1.97. The zero-order valence-electron chi connectivity index (χ0n) is 7.95. The minimum Gasteiger partial charge on any atom is -0.481 e. The van der Waals surface area contributed by atoms with Crippen molar-refractivity contribution in [2.24, 2.45) is 0 Å². The van der Waals surface area contributed by atoms with Crippen molar-refractivity contribution in [3.05, 3.63) is 21.9 Å². The summed E-state index contributed by atoms with van der Waals surface area (Å²) in [5.41, 5.74) is 0.426. The number of fused-ring (bicyclic) bond motifs is 1. The van der Waals surface area contributed by atoms with Gasteiger partial charge in [0.15, 0.2) is 0 Å². The fourth-order valence-electron chi connectivity index (χ4n) is 1.89. The summed E-state index contributed by atoms with van der Waals surface area (Å²) in [4.78, 5) is 12.0. The summed E-state index contributed by atoms with van der Waals surface area (Å²) in [6.45, 7) is 2.48. The SMILES string of the molecule is CC1(CC(=O)O)OCCc2sccc21. The van der Waals surface area contributed by atoms with E-state index in [1.54, 1.807) is 11.3 Å². The zero-order valence-corrected chi connectivity index (χ0v) is 8.76. The zero-order chi connectivity index (χ0) is 10.2. The van der Waals surface area contributed by atoms with Crippen molar-refractivity contribution in [2.45, 2.75) is 25.4 Å². The molecular weight excluding hydrogens is 200 g/mol. The molecule has 1 unspecified atom stereocenters. The highest BCUT2D eigenvalue weighted by Gasteiger charge is 2.35. The molecule has 0 aromatic carbocycles. The van der Waals surface area contributed by atoms with Gasteiger partial charge >= 0.3 is 5.97 Å². The lowest BCUT2D eigenvalue weighted by atomic mass is 9.90. The normalized spacial score (nSPS) is 25.8. The molecule has 0 saturated carbocycles. The second-order valence-corrected chi connectivity index (χ2v) is 4.66. The van der Waals surface area contributed by atoms with Crippen LogP contribution in [0.1, 0.15) is 23.8 Å². The van der Waals surface area contributed by atoms with Gasteiger partial charge in [0.2, 0.25) is 0 Å². The molecule has 76 valence electrons. The standard InChI is InChI=1S/C10H12O3S/c1-10(6-9(11)12)7-3-5-14-8(7)2-4-13-10/h3,5H,2,4,6H2,1H3,(H,11,12). The van der Waals surface area contributed by atoms with Gasteiger partial charge in [-0.3, -0.25) is 4.79 Å². The maximum Gasteiger partial charge on any atom is 0.306 e. The van der Waals surface area contributed by atoms with E-state index in [0.717, 1.165) is 12.0 Å². The molecule has 1 aliphatic rings. The number of carbonyl (C=O) groups is 1. The monoisotopic (exact) mass is 212 g/mol. The van der Waals surface area contributed by atoms with E-state index < -0.39 is 11.6 Å². The maximum absolute atomic E-state index is 10.7. The first kappa shape index (κ1) is 9.68. The van der Waals surface area contributed by atoms with Gasteiger partial charge in [0, 0.05) is 11.3 Å². The molecule has 0 aliphatic carbocycles. The first-order valence-corrected chi connectivity index (χ1v) is 5.42. The number of rotatable bonds is 2. The van der Waals surface area contributed by atoms with Gasteiger partial charge in [0.25, 0.3) is 0 Å². The van der Waals surface area contributed by atoms with Crippen LogP contribution >= 0.6 is 11.3 Å². The summed E-state index contributed by atoms with van der Waals surface area (Å²) in [5.74, 6) is -0.813. The van der Waals surface area contributed by atoms with E-state index in [4.69, 9.17) is 9.84 Å². The molecule has 0 spiro atoms. The number of hydrogen-bond donors (Lipinski definition) is 1. The second kappa shape index (κ2) is 3.37. The van der Waals surface area contributed by atoms with E-state index >= 15 is 0 Å². The Morgan fingerprint density at radius 1 is 1.79 bits per heavy atom. The molecule has 3 nitrogen and oxygen atoms in total. The highest BCUT2D eigenvalue weighted by atomic mass is 32.1. The van der Waals surface area contributed by atoms with Crippen LogP contribution in [0.5, 0.6) is 0 Å². The Hall–Kier alpha value is -0.870. The van der Waals surface area contributed by atoms with Crippen molar-refractivity contribution in [1.29, 1.82) is 0 Å². The molecule has 14 heavy (non-hydrogen) atoms. The van der Waals surface area contributed by atoms with Gasteiger partial charge in [-0.1, -0.05) is 0 Å². The number of hydrogen-bond acceptors (Lipinski definition) is 3. The van der Waals surface area contributed by atoms with Gasteiger partial charge < -0.3 is 9.84 Å². The molecule has 0 bridgehead atoms. The van der Waals surface area contributed by atoms with Crippen LogP contribution in [-0.4, -0.2) is 17.7 Å². The number of thiophene rings is 1. The summed E-state index contributed by atoms with van der Waals surface area (Å²) in [6.07, 6.45) is 0.943. The van der Waals surface area contributed by atoms with Gasteiger partial charge in [-0.2, -0.15) is 0 Å². The van der Waals surface area contributed by atoms with Crippen molar-refractivity contribution in [2.75, 3.05) is 6.61 Å². The molecule has 0 saturated heterocycles. The third-order valence-electron chi connectivity index (χ3n) is 2.55. The van der Waals surface area contributed by atoms with Crippen molar-refractivity contribution < 1.29 is 14.6 Å². The lowest BCUT2D eigenvalue weighted by Crippen LogP contribution is -2.33. The first-order chi connectivity index (χ1) is 6.62. The number of carboxylic acid groups (broad SMARTS) is 1. The molecule has 2 heterocycles. The molecule has 1 aromatic heterocycles. The van der Waals surface area contributed by atoms with Crippen LogP contribution in [0, 0.1) is 0 Å². The second-order valence-electron chi connectivity index (χ2n) is 3.66. The Morgan fingerprint density at radius 3 is 3.29 bits per heavy atom. The van der Waals surface area contributed by atoms with Crippen LogP contribution in [-0.2, 0) is 21.6 Å². The highest BCUT2D eigenvalue weighted by molar-refractivity contribution is 7.10. The summed E-state index contributed by atoms with van der Waals surface area (Å²) in [5, 5.41) is 10.8. The lowest BCUT2D eigenvalue weighted by molar-refractivity contribution is -0.146. The average molecular weight is 212 g/mol. The van der Waals surface area contributed by atoms with E-state index in [1.165, 1.54) is 4.88 Å². The molecule has 1 aliphatic heterocycles. The summed E-state index contributed by atoms with van der Waals surface area (Å²) < 4.78 is 5.59. The van der Waals surface area contributed by atoms with Crippen molar-refractivity contribution in [1.82, 2.24) is 0 Å². The van der Waals surface area contributed by atoms with Crippen molar-refractivity contribution in [3.63, 3.8) is 0 Å². The fraction of sp³-hybridized carbons (Fsp3) is 0.500. The van der Waals surface area contributed by atoms with E-state index in [2.05, 4.69) is 0 Å². The van der Waals surface area contributed by atoms with Crippen LogP contribution < -0.4 is 0 Å². The quantitative estimate of drug-likeness (QED) is 0.815. The first-order valence-electron chi connectivity index (χ1n) is 4.54. The molecule has 0 amide bonds. The van der Waals surface area contributed by atoms with Gasteiger partial charge in [-0.05, 0) is 23.9 Å². The number of aliphatic carboxylic acids is 1. The van der Waals surface area contributed by atoms with Crippen molar-refractivity contribution >= 4 is 17.3 Å². The van der Waals surface area contributed by atoms with Crippen LogP contribution in [0.3, 0.4) is 0 Å². The number of ether oxygens (including phenoxy) is 1. The van der Waals surface area contributed by atoms with E-state index in [1.807, 2.05) is 18.4 Å². The Morgan fingerprint density at radius 2 is 2.57 bits per heavy atom. The Balaban J connectivity index is 2.34. The smallest absolute Gasteiger partial charge is 0.306 e. The van der Waals surface area contributed by atoms with Crippen LogP contribution in [0.4, 0.5) is 0 Å². The highest BCUT2D eigenvalue weighted by Crippen LogP contribution is 2.38. The van der Waals surface area contributed by atoms with Crippen molar-refractivity contribution in [3.8, 4) is 0 Å². The number of carboxylic acids is 1. The van der Waals surface area contributed by atoms with E-state index in [9.17, 15) is 4.79 Å². The third kappa shape index (κ3) is 1.55. The molecule has 2 rings (SSSR count). The molecule has 4 heteroatoms. The van der Waals surface area contributed by atoms with Crippen LogP contribution in [0.25, 0.3) is 0 Å². The molecule has 1 aromatic rings. The van der Waals surface area contributed by atoms with E-state index in [-0.39, 0.29) is 6.42 Å². The fourth-order valence-corrected chi connectivity index (χ4v) is 2.87. The predicted octanol–water partition coefficient (Wildman–Crippen LogP) is 2.01. The van der Waals surface area contributed by atoms with Crippen LogP contribution in [0.15, 0.2) is 11.4 Å². The van der Waals surface area contributed by atoms with Gasteiger partial charge in [0.05, 0.1) is 13.0 Å². The van der Waals surface area contributed by atoms with Gasteiger partial charge in [-0.25, -0.2) is 0 Å². The maximum atomic E-state index is 10.7. The minimum absolute atomic E-state index is 0.0384. The molecular formula is C10H12O3S. The molecule has 1 atom stereocenters. The van der Waals surface area contributed by atoms with Gasteiger partial charge in [-0.15, -0.1) is 11.3 Å². The topological polar surface area (TPSA) is 46.5 Å². The average Bonchev–Trinajstić information content (AvgIpc) is 2.51. The molecule has 0 radical (unpaired) electrons. The summed E-state index contributed by atoms with van der Waals surface area (Å²) in [7, 11) is 0. The Kier molecular flexibility index (Phi) is 2.33. The molecule has 0 fully saturated rings. The van der Waals surface area contributed by atoms with Gasteiger partial charge in [0.1, 0.15) is 5.60 Å². The minimum atomic E-state index is -0.813. The summed E-state index contributed by atoms with van der Waals surface area (Å²) >= 11 is 1.68. The Labute approximate surface area is 86.3 Å². The Bertz CT molecular complexity index is 358.